The van der Waals surface area contributed by atoms with E-state index in [9.17, 15) is 22.4 Å². The number of hydrogen-bond acceptors (Lipinski definition) is 4. The van der Waals surface area contributed by atoms with Crippen LogP contribution in [0.4, 0.5) is 4.39 Å². The van der Waals surface area contributed by atoms with E-state index in [0.29, 0.717) is 11.3 Å². The molecule has 138 valence electrons. The summed E-state index contributed by atoms with van der Waals surface area (Å²) in [5.74, 6) is -0.702. The Balaban J connectivity index is 1.82. The van der Waals surface area contributed by atoms with Crippen molar-refractivity contribution in [3.63, 3.8) is 0 Å². The molecule has 2 heterocycles. The van der Waals surface area contributed by atoms with E-state index in [1.54, 1.807) is 4.90 Å². The standard InChI is InChI=1S/C17H18FN3O4S/c1-26(24,25)20-10-8-19(9-11-20)17(23)13-2-7-16(22)21(12-13)15-5-3-14(18)4-6-15/h2-7,12H,8-11H2,1H3. The van der Waals surface area contributed by atoms with E-state index in [1.165, 1.54) is 51.5 Å². The largest absolute Gasteiger partial charge is 0.336 e. The molecule has 26 heavy (non-hydrogen) atoms. The van der Waals surface area contributed by atoms with Crippen LogP contribution in [0.25, 0.3) is 5.69 Å². The zero-order chi connectivity index (χ0) is 18.9. The van der Waals surface area contributed by atoms with E-state index in [2.05, 4.69) is 0 Å². The van der Waals surface area contributed by atoms with Gasteiger partial charge in [-0.1, -0.05) is 0 Å². The fourth-order valence-electron chi connectivity index (χ4n) is 2.82. The van der Waals surface area contributed by atoms with Crippen LogP contribution < -0.4 is 5.56 Å². The number of pyridine rings is 1. The monoisotopic (exact) mass is 379 g/mol. The first kappa shape index (κ1) is 18.3. The average Bonchev–Trinajstić information content (AvgIpc) is 2.62. The first-order chi connectivity index (χ1) is 12.3. The highest BCUT2D eigenvalue weighted by Crippen LogP contribution is 2.12. The number of piperazine rings is 1. The second-order valence-corrected chi connectivity index (χ2v) is 8.04. The van der Waals surface area contributed by atoms with Gasteiger partial charge in [-0.15, -0.1) is 0 Å². The minimum Gasteiger partial charge on any atom is -0.336 e. The maximum atomic E-state index is 13.1. The van der Waals surface area contributed by atoms with E-state index < -0.39 is 15.8 Å². The normalized spacial score (nSPS) is 15.8. The van der Waals surface area contributed by atoms with Crippen molar-refractivity contribution < 1.29 is 17.6 Å². The third kappa shape index (κ3) is 3.83. The quantitative estimate of drug-likeness (QED) is 0.786. The molecule has 0 N–H and O–H groups in total. The Morgan fingerprint density at radius 1 is 1.00 bits per heavy atom. The van der Waals surface area contributed by atoms with Gasteiger partial charge in [0.25, 0.3) is 11.5 Å². The van der Waals surface area contributed by atoms with Gasteiger partial charge in [0.2, 0.25) is 10.0 Å². The van der Waals surface area contributed by atoms with Crippen molar-refractivity contribution in [1.29, 1.82) is 0 Å². The molecule has 1 aromatic heterocycles. The maximum Gasteiger partial charge on any atom is 0.255 e. The van der Waals surface area contributed by atoms with Gasteiger partial charge in [0, 0.05) is 44.1 Å². The lowest BCUT2D eigenvalue weighted by Gasteiger charge is -2.33. The summed E-state index contributed by atoms with van der Waals surface area (Å²) in [7, 11) is -3.27. The molecule has 1 amide bonds. The number of rotatable bonds is 3. The number of aromatic nitrogens is 1. The Morgan fingerprint density at radius 2 is 1.62 bits per heavy atom. The molecule has 0 radical (unpaired) electrons. The lowest BCUT2D eigenvalue weighted by atomic mass is 10.2. The summed E-state index contributed by atoms with van der Waals surface area (Å²) in [6.07, 6.45) is 2.56. The van der Waals surface area contributed by atoms with Crippen LogP contribution in [-0.4, -0.2) is 60.5 Å². The van der Waals surface area contributed by atoms with Crippen LogP contribution in [0.2, 0.25) is 0 Å². The second kappa shape index (κ2) is 7.00. The molecule has 1 aliphatic heterocycles. The first-order valence-corrected chi connectivity index (χ1v) is 9.83. The molecule has 0 unspecified atom stereocenters. The van der Waals surface area contributed by atoms with Crippen LogP contribution in [0.5, 0.6) is 0 Å². The predicted octanol–water partition coefficient (Wildman–Crippen LogP) is 0.694. The number of nitrogens with zero attached hydrogens (tertiary/aromatic N) is 3. The summed E-state index contributed by atoms with van der Waals surface area (Å²) in [5.41, 5.74) is 0.421. The molecule has 0 atom stereocenters. The first-order valence-electron chi connectivity index (χ1n) is 7.99. The molecule has 0 spiro atoms. The van der Waals surface area contributed by atoms with Gasteiger partial charge >= 0.3 is 0 Å². The number of halogens is 1. The summed E-state index contributed by atoms with van der Waals surface area (Å²) in [5, 5.41) is 0. The fraction of sp³-hybridized carbons (Fsp3) is 0.294. The molecular weight excluding hydrogens is 361 g/mol. The van der Waals surface area contributed by atoms with Crippen LogP contribution in [-0.2, 0) is 10.0 Å². The number of sulfonamides is 1. The van der Waals surface area contributed by atoms with Crippen molar-refractivity contribution in [2.75, 3.05) is 32.4 Å². The van der Waals surface area contributed by atoms with Gasteiger partial charge in [0.05, 0.1) is 11.8 Å². The summed E-state index contributed by atoms with van der Waals surface area (Å²) in [6, 6.07) is 8.10. The van der Waals surface area contributed by atoms with Gasteiger partial charge in [-0.3, -0.25) is 14.2 Å². The summed E-state index contributed by atoms with van der Waals surface area (Å²) in [4.78, 5) is 26.3. The molecular formula is C17H18FN3O4S. The molecule has 1 aromatic carbocycles. The number of benzene rings is 1. The SMILES string of the molecule is CS(=O)(=O)N1CCN(C(=O)c2ccc(=O)n(-c3ccc(F)cc3)c2)CC1. The highest BCUT2D eigenvalue weighted by Gasteiger charge is 2.26. The molecule has 1 saturated heterocycles. The molecule has 1 fully saturated rings. The van der Waals surface area contributed by atoms with Gasteiger partial charge in [0.1, 0.15) is 5.82 Å². The van der Waals surface area contributed by atoms with E-state index in [-0.39, 0.29) is 37.6 Å². The Kier molecular flexibility index (Phi) is 4.92. The molecule has 7 nitrogen and oxygen atoms in total. The molecule has 0 aliphatic carbocycles. The Hall–Kier alpha value is -2.52. The topological polar surface area (TPSA) is 79.7 Å². The second-order valence-electron chi connectivity index (χ2n) is 6.06. The van der Waals surface area contributed by atoms with Gasteiger partial charge in [-0.25, -0.2) is 12.8 Å². The predicted molar refractivity (Wildman–Crippen MR) is 94.3 cm³/mol. The van der Waals surface area contributed by atoms with Gasteiger partial charge in [-0.05, 0) is 30.3 Å². The molecule has 0 bridgehead atoms. The van der Waals surface area contributed by atoms with Crippen LogP contribution in [0, 0.1) is 5.82 Å². The van der Waals surface area contributed by atoms with Crippen LogP contribution in [0.3, 0.4) is 0 Å². The van der Waals surface area contributed by atoms with Crippen molar-refractivity contribution >= 4 is 15.9 Å². The van der Waals surface area contributed by atoms with E-state index in [1.807, 2.05) is 0 Å². The molecule has 9 heteroatoms. The minimum atomic E-state index is -3.27. The fourth-order valence-corrected chi connectivity index (χ4v) is 3.65. The zero-order valence-corrected chi connectivity index (χ0v) is 14.9. The maximum absolute atomic E-state index is 13.1. The Labute approximate surface area is 150 Å². The number of amides is 1. The lowest BCUT2D eigenvalue weighted by molar-refractivity contribution is 0.0697. The van der Waals surface area contributed by atoms with Crippen molar-refractivity contribution in [3.8, 4) is 5.69 Å². The third-order valence-corrected chi connectivity index (χ3v) is 5.56. The highest BCUT2D eigenvalue weighted by atomic mass is 32.2. The molecule has 1 aliphatic rings. The smallest absolute Gasteiger partial charge is 0.255 e. The Morgan fingerprint density at radius 3 is 2.19 bits per heavy atom. The van der Waals surface area contributed by atoms with Gasteiger partial charge in [-0.2, -0.15) is 4.31 Å². The molecule has 3 rings (SSSR count). The number of carbonyl (C=O) groups excluding carboxylic acids is 1. The lowest BCUT2D eigenvalue weighted by Crippen LogP contribution is -2.50. The summed E-state index contributed by atoms with van der Waals surface area (Å²) >= 11 is 0. The third-order valence-electron chi connectivity index (χ3n) is 4.26. The summed E-state index contributed by atoms with van der Waals surface area (Å²) < 4.78 is 38.8. The zero-order valence-electron chi connectivity index (χ0n) is 14.1. The van der Waals surface area contributed by atoms with Crippen molar-refractivity contribution in [1.82, 2.24) is 13.8 Å². The van der Waals surface area contributed by atoms with E-state index in [0.717, 1.165) is 6.26 Å². The number of carbonyl (C=O) groups is 1. The van der Waals surface area contributed by atoms with Crippen molar-refractivity contribution in [2.24, 2.45) is 0 Å². The van der Waals surface area contributed by atoms with E-state index >= 15 is 0 Å². The van der Waals surface area contributed by atoms with Crippen LogP contribution in [0.15, 0.2) is 47.4 Å². The van der Waals surface area contributed by atoms with Crippen molar-refractivity contribution in [2.45, 2.75) is 0 Å². The Bertz CT molecular complexity index is 978. The molecule has 2 aromatic rings. The van der Waals surface area contributed by atoms with E-state index in [4.69, 9.17) is 0 Å². The van der Waals surface area contributed by atoms with Gasteiger partial charge in [0.15, 0.2) is 0 Å². The highest BCUT2D eigenvalue weighted by molar-refractivity contribution is 7.88. The number of hydrogen-bond donors (Lipinski definition) is 0. The molecule has 0 saturated carbocycles. The summed E-state index contributed by atoms with van der Waals surface area (Å²) in [6.45, 7) is 1.04. The van der Waals surface area contributed by atoms with Crippen LogP contribution in [0.1, 0.15) is 10.4 Å². The van der Waals surface area contributed by atoms with Crippen LogP contribution >= 0.6 is 0 Å². The van der Waals surface area contributed by atoms with Crippen molar-refractivity contribution in [3.05, 3.63) is 64.3 Å². The van der Waals surface area contributed by atoms with Gasteiger partial charge < -0.3 is 4.90 Å². The minimum absolute atomic E-state index is 0.238. The average molecular weight is 379 g/mol.